The normalized spacial score (nSPS) is 15.3. The van der Waals surface area contributed by atoms with Crippen LogP contribution in [-0.4, -0.2) is 36.3 Å². The van der Waals surface area contributed by atoms with Crippen LogP contribution in [0.2, 0.25) is 0 Å². The van der Waals surface area contributed by atoms with E-state index in [-0.39, 0.29) is 24.3 Å². The maximum Gasteiger partial charge on any atom is 0.293 e. The maximum atomic E-state index is 12.8. The van der Waals surface area contributed by atoms with E-state index in [1.807, 2.05) is 25.1 Å². The molecule has 0 spiro atoms. The second-order valence-electron chi connectivity index (χ2n) is 7.40. The van der Waals surface area contributed by atoms with E-state index in [2.05, 4.69) is 57.8 Å². The molecule has 1 aliphatic rings. The Morgan fingerprint density at radius 2 is 1.81 bits per heavy atom. The van der Waals surface area contributed by atoms with Gasteiger partial charge in [-0.25, -0.2) is 0 Å². The Kier molecular flexibility index (Phi) is 7.88. The van der Waals surface area contributed by atoms with Crippen molar-refractivity contribution < 1.29 is 19.1 Å². The van der Waals surface area contributed by atoms with E-state index in [1.54, 1.807) is 13.2 Å². The molecule has 1 saturated heterocycles. The summed E-state index contributed by atoms with van der Waals surface area (Å²) in [7, 11) is 1.58. The van der Waals surface area contributed by atoms with Gasteiger partial charge in [-0.15, -0.1) is 0 Å². The number of carbonyl (C=O) groups excluding carboxylic acids is 2. The molecule has 2 aromatic carbocycles. The minimum Gasteiger partial charge on any atom is -0.494 e. The molecule has 0 aliphatic carbocycles. The summed E-state index contributed by atoms with van der Waals surface area (Å²) in [4.78, 5) is 26.8. The molecule has 0 atom stereocenters. The number of hydrogen-bond acceptors (Lipinski definition) is 5. The molecule has 31 heavy (non-hydrogen) atoms. The summed E-state index contributed by atoms with van der Waals surface area (Å²) in [6, 6.07) is 9.78. The summed E-state index contributed by atoms with van der Waals surface area (Å²) in [5.74, 6) is 1.47. The molecule has 0 saturated carbocycles. The van der Waals surface area contributed by atoms with Crippen molar-refractivity contribution >= 4 is 60.8 Å². The van der Waals surface area contributed by atoms with Gasteiger partial charge in [-0.3, -0.25) is 14.5 Å². The largest absolute Gasteiger partial charge is 0.494 e. The highest BCUT2D eigenvalue weighted by atomic mass is 79.9. The van der Waals surface area contributed by atoms with E-state index in [0.717, 1.165) is 43.1 Å². The van der Waals surface area contributed by atoms with Crippen molar-refractivity contribution in [3.63, 3.8) is 0 Å². The number of hydrogen-bond donors (Lipinski definition) is 0. The number of halogens is 2. The Morgan fingerprint density at radius 3 is 2.42 bits per heavy atom. The second kappa shape index (κ2) is 10.2. The van der Waals surface area contributed by atoms with Crippen LogP contribution in [-0.2, 0) is 4.79 Å². The molecule has 1 fully saturated rings. The topological polar surface area (TPSA) is 55.8 Å². The molecule has 0 N–H and O–H groups in total. The molecule has 8 heteroatoms. The van der Waals surface area contributed by atoms with Crippen LogP contribution in [0.4, 0.5) is 4.79 Å². The highest BCUT2D eigenvalue weighted by molar-refractivity contribution is 9.11. The fourth-order valence-corrected chi connectivity index (χ4v) is 5.60. The van der Waals surface area contributed by atoms with Gasteiger partial charge in [0.25, 0.3) is 11.1 Å². The quantitative estimate of drug-likeness (QED) is 0.345. The van der Waals surface area contributed by atoms with E-state index >= 15 is 0 Å². The molecule has 0 aromatic heterocycles. The first kappa shape index (κ1) is 23.9. The Labute approximate surface area is 203 Å². The third kappa shape index (κ3) is 5.54. The molecule has 1 heterocycles. The van der Waals surface area contributed by atoms with Gasteiger partial charge in [-0.2, -0.15) is 0 Å². The zero-order valence-electron chi connectivity index (χ0n) is 17.7. The van der Waals surface area contributed by atoms with E-state index in [9.17, 15) is 9.59 Å². The Morgan fingerprint density at radius 1 is 1.13 bits per heavy atom. The van der Waals surface area contributed by atoms with Gasteiger partial charge in [0.2, 0.25) is 0 Å². The van der Waals surface area contributed by atoms with Crippen LogP contribution in [0.15, 0.2) is 44.2 Å². The Bertz CT molecular complexity index is 1030. The number of rotatable bonds is 7. The van der Waals surface area contributed by atoms with Crippen molar-refractivity contribution in [2.24, 2.45) is 0 Å². The van der Waals surface area contributed by atoms with Gasteiger partial charge in [0, 0.05) is 0 Å². The Balaban J connectivity index is 1.70. The standard InChI is InChI=1S/C23H23Br2NO4S/c1-13(2)16-6-5-14(3)9-19(16)30-8-7-26-22(27)20(31-23(26)28)12-15-10-17(24)21(29-4)18(25)11-15/h5-6,9-13H,7-8H2,1-4H3/b20-12-. The maximum absolute atomic E-state index is 12.8. The summed E-state index contributed by atoms with van der Waals surface area (Å²) >= 11 is 7.84. The zero-order chi connectivity index (χ0) is 22.7. The first-order valence-electron chi connectivity index (χ1n) is 9.73. The van der Waals surface area contributed by atoms with Crippen LogP contribution < -0.4 is 9.47 Å². The van der Waals surface area contributed by atoms with Gasteiger partial charge in [0.15, 0.2) is 0 Å². The molecular formula is C23H23Br2NO4S. The van der Waals surface area contributed by atoms with Crippen molar-refractivity contribution in [2.45, 2.75) is 26.7 Å². The van der Waals surface area contributed by atoms with E-state index < -0.39 is 0 Å². The first-order chi connectivity index (χ1) is 14.7. The fourth-order valence-electron chi connectivity index (χ4n) is 3.19. The molecular weight excluding hydrogens is 546 g/mol. The van der Waals surface area contributed by atoms with Crippen LogP contribution in [0.3, 0.4) is 0 Å². The highest BCUT2D eigenvalue weighted by Crippen LogP contribution is 2.37. The summed E-state index contributed by atoms with van der Waals surface area (Å²) in [6.45, 7) is 6.66. The van der Waals surface area contributed by atoms with Crippen molar-refractivity contribution in [1.82, 2.24) is 4.90 Å². The molecule has 2 amide bonds. The average molecular weight is 569 g/mol. The average Bonchev–Trinajstić information content (AvgIpc) is 2.95. The lowest BCUT2D eigenvalue weighted by Crippen LogP contribution is -2.32. The molecule has 0 radical (unpaired) electrons. The number of nitrogens with zero attached hydrogens (tertiary/aromatic N) is 1. The number of imide groups is 1. The summed E-state index contributed by atoms with van der Waals surface area (Å²) in [5, 5.41) is -0.292. The minimum absolute atomic E-state index is 0.198. The molecule has 5 nitrogen and oxygen atoms in total. The highest BCUT2D eigenvalue weighted by Gasteiger charge is 2.35. The molecule has 3 rings (SSSR count). The van der Waals surface area contributed by atoms with E-state index in [1.165, 1.54) is 4.90 Å². The van der Waals surface area contributed by atoms with Crippen molar-refractivity contribution in [3.05, 3.63) is 60.9 Å². The zero-order valence-corrected chi connectivity index (χ0v) is 21.7. The SMILES string of the molecule is COc1c(Br)cc(/C=C2\SC(=O)N(CCOc3cc(C)ccc3C(C)C)C2=O)cc1Br. The summed E-state index contributed by atoms with van der Waals surface area (Å²) in [6.07, 6.45) is 1.71. The number of amides is 2. The van der Waals surface area contributed by atoms with Gasteiger partial charge >= 0.3 is 0 Å². The van der Waals surface area contributed by atoms with Gasteiger partial charge in [0.05, 0.1) is 27.5 Å². The van der Waals surface area contributed by atoms with Crippen LogP contribution in [0.1, 0.15) is 36.5 Å². The number of benzene rings is 2. The van der Waals surface area contributed by atoms with Crippen LogP contribution in [0.25, 0.3) is 6.08 Å². The third-order valence-electron chi connectivity index (χ3n) is 4.76. The Hall–Kier alpha value is -1.77. The molecule has 164 valence electrons. The van der Waals surface area contributed by atoms with Crippen LogP contribution >= 0.6 is 43.6 Å². The predicted molar refractivity (Wildman–Crippen MR) is 132 cm³/mol. The second-order valence-corrected chi connectivity index (χ2v) is 10.1. The fraction of sp³-hybridized carbons (Fsp3) is 0.304. The number of thioether (sulfide) groups is 1. The number of methoxy groups -OCH3 is 1. The number of ether oxygens (including phenoxy) is 2. The van der Waals surface area contributed by atoms with E-state index in [0.29, 0.717) is 16.6 Å². The number of carbonyl (C=O) groups is 2. The van der Waals surface area contributed by atoms with E-state index in [4.69, 9.17) is 9.47 Å². The predicted octanol–water partition coefficient (Wildman–Crippen LogP) is 6.77. The molecule has 1 aliphatic heterocycles. The lowest BCUT2D eigenvalue weighted by molar-refractivity contribution is -0.123. The van der Waals surface area contributed by atoms with Gasteiger partial charge in [-0.1, -0.05) is 26.0 Å². The lowest BCUT2D eigenvalue weighted by Gasteiger charge is -2.17. The van der Waals surface area contributed by atoms with Crippen molar-refractivity contribution in [1.29, 1.82) is 0 Å². The molecule has 2 aromatic rings. The van der Waals surface area contributed by atoms with Crippen LogP contribution in [0.5, 0.6) is 11.5 Å². The first-order valence-corrected chi connectivity index (χ1v) is 12.1. The lowest BCUT2D eigenvalue weighted by atomic mass is 10.0. The van der Waals surface area contributed by atoms with Crippen molar-refractivity contribution in [3.8, 4) is 11.5 Å². The van der Waals surface area contributed by atoms with Gasteiger partial charge in [-0.05, 0) is 97.4 Å². The summed E-state index contributed by atoms with van der Waals surface area (Å²) in [5.41, 5.74) is 2.99. The minimum atomic E-state index is -0.310. The van der Waals surface area contributed by atoms with Gasteiger partial charge < -0.3 is 9.47 Å². The van der Waals surface area contributed by atoms with Crippen LogP contribution in [0, 0.1) is 6.92 Å². The third-order valence-corrected chi connectivity index (χ3v) is 6.85. The smallest absolute Gasteiger partial charge is 0.293 e. The van der Waals surface area contributed by atoms with Gasteiger partial charge in [0.1, 0.15) is 18.1 Å². The molecule has 0 unspecified atom stereocenters. The van der Waals surface area contributed by atoms with Crippen molar-refractivity contribution in [2.75, 3.05) is 20.3 Å². The number of aryl methyl sites for hydroxylation is 1. The monoisotopic (exact) mass is 567 g/mol. The molecule has 0 bridgehead atoms. The summed E-state index contributed by atoms with van der Waals surface area (Å²) < 4.78 is 12.8.